The Hall–Kier alpha value is -1.58. The van der Waals surface area contributed by atoms with Gasteiger partial charge < -0.3 is 9.84 Å². The van der Waals surface area contributed by atoms with Crippen molar-refractivity contribution in [2.24, 2.45) is 5.92 Å². The summed E-state index contributed by atoms with van der Waals surface area (Å²) in [5.41, 5.74) is 2.28. The first-order valence-electron chi connectivity index (χ1n) is 10.3. The Balaban J connectivity index is 1.95. The van der Waals surface area contributed by atoms with Gasteiger partial charge in [0.1, 0.15) is 11.5 Å². The molecule has 2 atom stereocenters. The molecule has 1 aromatic carbocycles. The van der Waals surface area contributed by atoms with Gasteiger partial charge in [-0.25, -0.2) is 0 Å². The number of phenolic OH excluding ortho intramolecular Hbond substituents is 1. The van der Waals surface area contributed by atoms with Crippen molar-refractivity contribution < 1.29 is 18.6 Å². The van der Waals surface area contributed by atoms with Crippen LogP contribution in [0.5, 0.6) is 11.5 Å². The summed E-state index contributed by atoms with van der Waals surface area (Å²) in [6.45, 7) is 8.36. The Bertz CT molecular complexity index is 721. The Morgan fingerprint density at radius 1 is 1.22 bits per heavy atom. The molecule has 0 saturated carbocycles. The van der Waals surface area contributed by atoms with E-state index in [0.717, 1.165) is 24.0 Å². The van der Waals surface area contributed by atoms with Crippen LogP contribution in [0.25, 0.3) is 0 Å². The highest BCUT2D eigenvalue weighted by Crippen LogP contribution is 2.55. The average molecular weight is 379 g/mol. The smallest absolute Gasteiger partial charge is 0.401 e. The second-order valence-electron chi connectivity index (χ2n) is 8.95. The highest BCUT2D eigenvalue weighted by atomic mass is 19.3. The molecule has 0 bridgehead atoms. The molecule has 1 heterocycles. The standard InChI is InChI=1S/C23H32F2O2/c1-5-6-7-8-11-22(3,4)16-13-19(26)21-17-12-15(2)9-10-18(17)23(24,25)27-20(21)14-16/h12-14,17-18,26H,5-11H2,1-4H3. The van der Waals surface area contributed by atoms with Gasteiger partial charge in [-0.3, -0.25) is 0 Å². The SMILES string of the molecule is CCCCCCC(C)(C)c1cc(O)c2c(c1)OC(F)(F)C1CCC(C)=CC21. The topological polar surface area (TPSA) is 29.5 Å². The van der Waals surface area contributed by atoms with Crippen LogP contribution in [0.2, 0.25) is 0 Å². The summed E-state index contributed by atoms with van der Waals surface area (Å²) < 4.78 is 34.5. The van der Waals surface area contributed by atoms with Crippen LogP contribution in [-0.4, -0.2) is 11.2 Å². The maximum absolute atomic E-state index is 14.7. The molecule has 3 rings (SSSR count). The molecule has 4 heteroatoms. The van der Waals surface area contributed by atoms with Gasteiger partial charge in [0.05, 0.1) is 5.92 Å². The molecule has 0 fully saturated rings. The summed E-state index contributed by atoms with van der Waals surface area (Å²) in [5, 5.41) is 10.8. The molecule has 0 saturated heterocycles. The molecular formula is C23H32F2O2. The Morgan fingerprint density at radius 3 is 2.67 bits per heavy atom. The molecule has 0 spiro atoms. The molecule has 1 aliphatic carbocycles. The lowest BCUT2D eigenvalue weighted by Crippen LogP contribution is -2.43. The van der Waals surface area contributed by atoms with E-state index in [4.69, 9.17) is 4.74 Å². The van der Waals surface area contributed by atoms with Crippen molar-refractivity contribution in [3.05, 3.63) is 34.9 Å². The van der Waals surface area contributed by atoms with Crippen molar-refractivity contribution in [3.63, 3.8) is 0 Å². The van der Waals surface area contributed by atoms with Gasteiger partial charge in [0, 0.05) is 11.5 Å². The van der Waals surface area contributed by atoms with E-state index < -0.39 is 17.9 Å². The van der Waals surface area contributed by atoms with Gasteiger partial charge in [-0.1, -0.05) is 58.1 Å². The first-order valence-corrected chi connectivity index (χ1v) is 10.3. The van der Waals surface area contributed by atoms with Crippen LogP contribution in [-0.2, 0) is 5.41 Å². The number of fused-ring (bicyclic) bond motifs is 3. The molecular weight excluding hydrogens is 346 g/mol. The fraction of sp³-hybridized carbons (Fsp3) is 0.652. The van der Waals surface area contributed by atoms with E-state index in [1.165, 1.54) is 19.3 Å². The minimum atomic E-state index is -3.20. The van der Waals surface area contributed by atoms with Crippen molar-refractivity contribution in [1.82, 2.24) is 0 Å². The number of halogens is 2. The van der Waals surface area contributed by atoms with E-state index >= 15 is 0 Å². The van der Waals surface area contributed by atoms with E-state index in [1.54, 1.807) is 12.1 Å². The molecule has 0 amide bonds. The molecule has 2 aliphatic rings. The summed E-state index contributed by atoms with van der Waals surface area (Å²) in [4.78, 5) is 0. The molecule has 0 aromatic heterocycles. The van der Waals surface area contributed by atoms with E-state index in [9.17, 15) is 13.9 Å². The van der Waals surface area contributed by atoms with Crippen molar-refractivity contribution >= 4 is 0 Å². The number of aromatic hydroxyl groups is 1. The summed E-state index contributed by atoms with van der Waals surface area (Å²) >= 11 is 0. The van der Waals surface area contributed by atoms with Gasteiger partial charge >= 0.3 is 6.11 Å². The zero-order valence-electron chi connectivity index (χ0n) is 16.9. The first kappa shape index (κ1) is 20.2. The van der Waals surface area contributed by atoms with Gasteiger partial charge in [0.2, 0.25) is 0 Å². The average Bonchev–Trinajstić information content (AvgIpc) is 2.57. The van der Waals surface area contributed by atoms with Crippen molar-refractivity contribution in [2.45, 2.75) is 90.1 Å². The van der Waals surface area contributed by atoms with Crippen LogP contribution in [0.4, 0.5) is 8.78 Å². The lowest BCUT2D eigenvalue weighted by atomic mass is 9.73. The Kier molecular flexibility index (Phi) is 5.56. The van der Waals surface area contributed by atoms with Crippen LogP contribution < -0.4 is 4.74 Å². The largest absolute Gasteiger partial charge is 0.507 e. The summed E-state index contributed by atoms with van der Waals surface area (Å²) in [6.07, 6.45) is 5.30. The number of rotatable bonds is 6. The first-order chi connectivity index (χ1) is 12.7. The van der Waals surface area contributed by atoms with Gasteiger partial charge in [-0.15, -0.1) is 0 Å². The van der Waals surface area contributed by atoms with Crippen LogP contribution >= 0.6 is 0 Å². The molecule has 27 heavy (non-hydrogen) atoms. The van der Waals surface area contributed by atoms with Gasteiger partial charge in [0.15, 0.2) is 0 Å². The zero-order chi connectivity index (χ0) is 19.8. The number of hydrogen-bond donors (Lipinski definition) is 1. The Morgan fingerprint density at radius 2 is 1.96 bits per heavy atom. The third-order valence-corrected chi connectivity index (χ3v) is 6.32. The minimum Gasteiger partial charge on any atom is -0.507 e. The van der Waals surface area contributed by atoms with Crippen molar-refractivity contribution in [3.8, 4) is 11.5 Å². The lowest BCUT2D eigenvalue weighted by Gasteiger charge is -2.41. The van der Waals surface area contributed by atoms with E-state index in [1.807, 2.05) is 13.0 Å². The van der Waals surface area contributed by atoms with Crippen molar-refractivity contribution in [2.75, 3.05) is 0 Å². The molecule has 1 aromatic rings. The number of unbranched alkanes of at least 4 members (excludes halogenated alkanes) is 3. The number of phenols is 1. The van der Waals surface area contributed by atoms with Crippen LogP contribution in [0.1, 0.15) is 89.7 Å². The molecule has 2 nitrogen and oxygen atoms in total. The predicted molar refractivity (Wildman–Crippen MR) is 105 cm³/mol. The van der Waals surface area contributed by atoms with Crippen LogP contribution in [0.3, 0.4) is 0 Å². The third kappa shape index (κ3) is 4.00. The second-order valence-corrected chi connectivity index (χ2v) is 8.95. The molecule has 2 unspecified atom stereocenters. The summed E-state index contributed by atoms with van der Waals surface area (Å²) in [5.74, 6) is -1.17. The van der Waals surface area contributed by atoms with E-state index in [2.05, 4.69) is 20.8 Å². The predicted octanol–water partition coefficient (Wildman–Crippen LogP) is 7.07. The monoisotopic (exact) mass is 378 g/mol. The molecule has 1 N–H and O–H groups in total. The Labute approximate surface area is 161 Å². The number of alkyl halides is 2. The van der Waals surface area contributed by atoms with Crippen LogP contribution in [0.15, 0.2) is 23.8 Å². The molecule has 1 aliphatic heterocycles. The minimum absolute atomic E-state index is 0.0839. The highest BCUT2D eigenvalue weighted by molar-refractivity contribution is 5.54. The second kappa shape index (κ2) is 7.44. The van der Waals surface area contributed by atoms with Crippen LogP contribution in [0, 0.1) is 5.92 Å². The third-order valence-electron chi connectivity index (χ3n) is 6.32. The molecule has 150 valence electrons. The maximum atomic E-state index is 14.7. The molecule has 0 radical (unpaired) electrons. The van der Waals surface area contributed by atoms with Gasteiger partial charge in [-0.2, -0.15) is 8.78 Å². The lowest BCUT2D eigenvalue weighted by molar-refractivity contribution is -0.229. The maximum Gasteiger partial charge on any atom is 0.401 e. The summed E-state index contributed by atoms with van der Waals surface area (Å²) in [6, 6.07) is 3.50. The number of hydrogen-bond acceptors (Lipinski definition) is 2. The number of ether oxygens (including phenoxy) is 1. The van der Waals surface area contributed by atoms with Gasteiger partial charge in [-0.05, 0) is 49.3 Å². The highest BCUT2D eigenvalue weighted by Gasteiger charge is 2.52. The van der Waals surface area contributed by atoms with Crippen molar-refractivity contribution in [1.29, 1.82) is 0 Å². The zero-order valence-corrected chi connectivity index (χ0v) is 16.9. The summed E-state index contributed by atoms with van der Waals surface area (Å²) in [7, 11) is 0. The number of allylic oxidation sites excluding steroid dienone is 2. The van der Waals surface area contributed by atoms with Gasteiger partial charge in [0.25, 0.3) is 0 Å². The fourth-order valence-electron chi connectivity index (χ4n) is 4.51. The van der Waals surface area contributed by atoms with E-state index in [-0.39, 0.29) is 16.9 Å². The quantitative estimate of drug-likeness (QED) is 0.424. The normalized spacial score (nSPS) is 23.9. The van der Waals surface area contributed by atoms with E-state index in [0.29, 0.717) is 18.4 Å². The number of benzene rings is 1. The fourth-order valence-corrected chi connectivity index (χ4v) is 4.51.